The standard InChI is InChI=1S/C6H11NO.C2H6/c1-6-3-4-8-5-7(6)2;1-2/h1,3-5H2,2H3;1-2H3. The predicted octanol–water partition coefficient (Wildman–Crippen LogP) is 1.84. The van der Waals surface area contributed by atoms with Gasteiger partial charge >= 0.3 is 0 Å². The van der Waals surface area contributed by atoms with E-state index in [0.717, 1.165) is 13.0 Å². The van der Waals surface area contributed by atoms with E-state index < -0.39 is 0 Å². The highest BCUT2D eigenvalue weighted by Crippen LogP contribution is 2.08. The minimum absolute atomic E-state index is 0.707. The lowest BCUT2D eigenvalue weighted by molar-refractivity contribution is 0.0277. The summed E-state index contributed by atoms with van der Waals surface area (Å²) in [5.74, 6) is 0. The van der Waals surface area contributed by atoms with Crippen LogP contribution in [0.4, 0.5) is 0 Å². The van der Waals surface area contributed by atoms with Crippen LogP contribution in [0, 0.1) is 0 Å². The number of hydrogen-bond donors (Lipinski definition) is 0. The van der Waals surface area contributed by atoms with Crippen molar-refractivity contribution in [3.63, 3.8) is 0 Å². The van der Waals surface area contributed by atoms with Crippen LogP contribution < -0.4 is 0 Å². The van der Waals surface area contributed by atoms with Gasteiger partial charge in [0.1, 0.15) is 6.73 Å². The van der Waals surface area contributed by atoms with Gasteiger partial charge in [-0.3, -0.25) is 0 Å². The molecule has 10 heavy (non-hydrogen) atoms. The van der Waals surface area contributed by atoms with E-state index in [0.29, 0.717) is 6.73 Å². The summed E-state index contributed by atoms with van der Waals surface area (Å²) < 4.78 is 5.12. The zero-order chi connectivity index (χ0) is 7.98. The fraction of sp³-hybridized carbons (Fsp3) is 0.750. The van der Waals surface area contributed by atoms with Crippen LogP contribution in [0.5, 0.6) is 0 Å². The summed E-state index contributed by atoms with van der Waals surface area (Å²) in [5, 5.41) is 0. The third-order valence-electron chi connectivity index (χ3n) is 1.36. The third-order valence-corrected chi connectivity index (χ3v) is 1.36. The van der Waals surface area contributed by atoms with Gasteiger partial charge in [-0.15, -0.1) is 0 Å². The summed E-state index contributed by atoms with van der Waals surface area (Å²) in [5.41, 5.74) is 1.18. The maximum absolute atomic E-state index is 5.12. The molecular formula is C8H17NO. The monoisotopic (exact) mass is 143 g/mol. The molecular weight excluding hydrogens is 126 g/mol. The quantitative estimate of drug-likeness (QED) is 0.513. The maximum Gasteiger partial charge on any atom is 0.118 e. The Labute approximate surface area is 63.5 Å². The Bertz CT molecular complexity index is 101. The fourth-order valence-electron chi connectivity index (χ4n) is 0.674. The second-order valence-electron chi connectivity index (χ2n) is 2.05. The number of rotatable bonds is 0. The van der Waals surface area contributed by atoms with Crippen LogP contribution in [0.2, 0.25) is 0 Å². The average Bonchev–Trinajstić information content (AvgIpc) is 2.00. The molecule has 0 aliphatic carbocycles. The maximum atomic E-state index is 5.12. The molecule has 1 aliphatic heterocycles. The Kier molecular flexibility index (Phi) is 5.03. The molecule has 0 spiro atoms. The van der Waals surface area contributed by atoms with Gasteiger partial charge in [-0.05, 0) is 0 Å². The smallest absolute Gasteiger partial charge is 0.118 e. The van der Waals surface area contributed by atoms with Gasteiger partial charge < -0.3 is 9.64 Å². The van der Waals surface area contributed by atoms with Gasteiger partial charge in [0.25, 0.3) is 0 Å². The molecule has 0 unspecified atom stereocenters. The lowest BCUT2D eigenvalue weighted by Crippen LogP contribution is -2.26. The topological polar surface area (TPSA) is 12.5 Å². The van der Waals surface area contributed by atoms with Crippen molar-refractivity contribution in [3.05, 3.63) is 12.3 Å². The van der Waals surface area contributed by atoms with Gasteiger partial charge in [-0.1, -0.05) is 20.4 Å². The Morgan fingerprint density at radius 2 is 2.10 bits per heavy atom. The molecule has 2 heteroatoms. The van der Waals surface area contributed by atoms with Crippen LogP contribution in [0.1, 0.15) is 20.3 Å². The zero-order valence-corrected chi connectivity index (χ0v) is 7.18. The molecule has 0 radical (unpaired) electrons. The van der Waals surface area contributed by atoms with Crippen molar-refractivity contribution in [2.45, 2.75) is 20.3 Å². The molecule has 2 nitrogen and oxygen atoms in total. The predicted molar refractivity (Wildman–Crippen MR) is 43.7 cm³/mol. The lowest BCUT2D eigenvalue weighted by atomic mass is 10.3. The molecule has 1 rings (SSSR count). The zero-order valence-electron chi connectivity index (χ0n) is 7.18. The second kappa shape index (κ2) is 5.30. The molecule has 0 aromatic heterocycles. The first-order valence-corrected chi connectivity index (χ1v) is 3.77. The summed E-state index contributed by atoms with van der Waals surface area (Å²) in [6, 6.07) is 0. The van der Waals surface area contributed by atoms with E-state index in [4.69, 9.17) is 4.74 Å². The largest absolute Gasteiger partial charge is 0.361 e. The Morgan fingerprint density at radius 3 is 2.40 bits per heavy atom. The van der Waals surface area contributed by atoms with Gasteiger partial charge in [0.15, 0.2) is 0 Å². The molecule has 1 heterocycles. The first-order valence-electron chi connectivity index (χ1n) is 3.77. The Morgan fingerprint density at radius 1 is 1.50 bits per heavy atom. The molecule has 0 amide bonds. The molecule has 0 aromatic rings. The Hall–Kier alpha value is -0.500. The van der Waals surface area contributed by atoms with Crippen molar-refractivity contribution in [1.29, 1.82) is 0 Å². The van der Waals surface area contributed by atoms with Crippen molar-refractivity contribution in [2.75, 3.05) is 20.4 Å². The fourth-order valence-corrected chi connectivity index (χ4v) is 0.674. The van der Waals surface area contributed by atoms with E-state index in [1.807, 2.05) is 25.8 Å². The van der Waals surface area contributed by atoms with Crippen molar-refractivity contribution in [1.82, 2.24) is 4.90 Å². The van der Waals surface area contributed by atoms with E-state index in [1.54, 1.807) is 0 Å². The summed E-state index contributed by atoms with van der Waals surface area (Å²) >= 11 is 0. The molecule has 0 bridgehead atoms. The summed E-state index contributed by atoms with van der Waals surface area (Å²) in [6.45, 7) is 9.38. The minimum Gasteiger partial charge on any atom is -0.361 e. The number of nitrogens with zero attached hydrogens (tertiary/aromatic N) is 1. The van der Waals surface area contributed by atoms with Crippen molar-refractivity contribution in [2.24, 2.45) is 0 Å². The van der Waals surface area contributed by atoms with Crippen molar-refractivity contribution < 1.29 is 4.74 Å². The van der Waals surface area contributed by atoms with Crippen LogP contribution in [0.25, 0.3) is 0 Å². The summed E-state index contributed by atoms with van der Waals surface area (Å²) in [7, 11) is 1.99. The highest BCUT2D eigenvalue weighted by Gasteiger charge is 2.06. The van der Waals surface area contributed by atoms with E-state index in [1.165, 1.54) is 5.70 Å². The molecule has 0 N–H and O–H groups in total. The molecule has 1 fully saturated rings. The Balaban J connectivity index is 0.000000371. The third kappa shape index (κ3) is 2.87. The molecule has 1 saturated heterocycles. The first-order chi connectivity index (χ1) is 4.80. The summed E-state index contributed by atoms with van der Waals surface area (Å²) in [6.07, 6.45) is 0.983. The van der Waals surface area contributed by atoms with Gasteiger partial charge in [-0.25, -0.2) is 0 Å². The minimum atomic E-state index is 0.707. The summed E-state index contributed by atoms with van der Waals surface area (Å²) in [4.78, 5) is 2.02. The lowest BCUT2D eigenvalue weighted by Gasteiger charge is -2.26. The molecule has 1 aliphatic rings. The van der Waals surface area contributed by atoms with Crippen LogP contribution in [0.15, 0.2) is 12.3 Å². The number of hydrogen-bond acceptors (Lipinski definition) is 2. The normalized spacial score (nSPS) is 17.9. The molecule has 0 saturated carbocycles. The van der Waals surface area contributed by atoms with E-state index in [9.17, 15) is 0 Å². The highest BCUT2D eigenvalue weighted by atomic mass is 16.5. The van der Waals surface area contributed by atoms with Crippen molar-refractivity contribution in [3.8, 4) is 0 Å². The average molecular weight is 143 g/mol. The van der Waals surface area contributed by atoms with Gasteiger partial charge in [0.2, 0.25) is 0 Å². The SMILES string of the molecule is C=C1CCOCN1C.CC. The van der Waals surface area contributed by atoms with Crippen molar-refractivity contribution >= 4 is 0 Å². The highest BCUT2D eigenvalue weighted by molar-refractivity contribution is 4.92. The molecule has 0 atom stereocenters. The first kappa shape index (κ1) is 9.50. The second-order valence-corrected chi connectivity index (χ2v) is 2.05. The van der Waals surface area contributed by atoms with Gasteiger partial charge in [0, 0.05) is 19.2 Å². The van der Waals surface area contributed by atoms with Crippen LogP contribution in [-0.4, -0.2) is 25.3 Å². The number of ether oxygens (including phenoxy) is 1. The van der Waals surface area contributed by atoms with E-state index in [-0.39, 0.29) is 0 Å². The van der Waals surface area contributed by atoms with Crippen LogP contribution >= 0.6 is 0 Å². The van der Waals surface area contributed by atoms with E-state index in [2.05, 4.69) is 6.58 Å². The van der Waals surface area contributed by atoms with Crippen LogP contribution in [-0.2, 0) is 4.74 Å². The molecule has 0 aromatic carbocycles. The van der Waals surface area contributed by atoms with Gasteiger partial charge in [0.05, 0.1) is 6.61 Å². The van der Waals surface area contributed by atoms with Gasteiger partial charge in [-0.2, -0.15) is 0 Å². The van der Waals surface area contributed by atoms with E-state index >= 15 is 0 Å². The molecule has 60 valence electrons. The van der Waals surface area contributed by atoms with Crippen LogP contribution in [0.3, 0.4) is 0 Å².